The first-order valence-corrected chi connectivity index (χ1v) is 9.01. The van der Waals surface area contributed by atoms with Gasteiger partial charge in [0.25, 0.3) is 0 Å². The lowest BCUT2D eigenvalue weighted by atomic mass is 10.0. The molecule has 0 spiro atoms. The number of methoxy groups -OCH3 is 1. The summed E-state index contributed by atoms with van der Waals surface area (Å²) in [7, 11) is 1.55. The van der Waals surface area contributed by atoms with E-state index in [-0.39, 0.29) is 11.6 Å². The van der Waals surface area contributed by atoms with E-state index >= 15 is 0 Å². The first-order valence-electron chi connectivity index (χ1n) is 9.01. The molecule has 0 unspecified atom stereocenters. The number of carbonyl (C=O) groups is 1. The highest BCUT2D eigenvalue weighted by Crippen LogP contribution is 2.31. The van der Waals surface area contributed by atoms with E-state index in [9.17, 15) is 9.18 Å². The fourth-order valence-corrected chi connectivity index (χ4v) is 3.11. The summed E-state index contributed by atoms with van der Waals surface area (Å²) in [6.45, 7) is 1.91. The van der Waals surface area contributed by atoms with E-state index in [1.165, 1.54) is 12.1 Å². The normalized spacial score (nSPS) is 10.7. The molecule has 0 aliphatic rings. The largest absolute Gasteiger partial charge is 0.496 e. The number of aryl methyl sites for hydroxylation is 1. The Balaban J connectivity index is 1.68. The fraction of sp³-hybridized carbons (Fsp3) is 0.0870. The van der Waals surface area contributed by atoms with Crippen LogP contribution in [0.25, 0.3) is 16.8 Å². The maximum Gasteiger partial charge on any atom is 0.231 e. The monoisotopic (exact) mass is 387 g/mol. The molecule has 2 heterocycles. The van der Waals surface area contributed by atoms with Crippen LogP contribution in [-0.4, -0.2) is 27.4 Å². The van der Waals surface area contributed by atoms with Crippen LogP contribution >= 0.6 is 0 Å². The van der Waals surface area contributed by atoms with E-state index in [1.54, 1.807) is 42.5 Å². The number of hydrogen-bond donors (Lipinski definition) is 0. The second-order valence-electron chi connectivity index (χ2n) is 6.61. The zero-order chi connectivity index (χ0) is 20.4. The van der Waals surface area contributed by atoms with Crippen LogP contribution in [-0.2, 0) is 0 Å². The average molecular weight is 387 g/mol. The van der Waals surface area contributed by atoms with Crippen LogP contribution in [0.3, 0.4) is 0 Å². The summed E-state index contributed by atoms with van der Waals surface area (Å²) in [5, 5.41) is 0. The number of ether oxygens (including phenoxy) is 1. The lowest BCUT2D eigenvalue weighted by Crippen LogP contribution is -2.04. The maximum atomic E-state index is 13.8. The molecular formula is C23H18FN3O2. The van der Waals surface area contributed by atoms with Gasteiger partial charge in [-0.3, -0.25) is 9.78 Å². The third-order valence-corrected chi connectivity index (χ3v) is 4.58. The quantitative estimate of drug-likeness (QED) is 0.469. The van der Waals surface area contributed by atoms with E-state index in [0.717, 1.165) is 16.8 Å². The van der Waals surface area contributed by atoms with Crippen molar-refractivity contribution in [3.05, 3.63) is 96.1 Å². The van der Waals surface area contributed by atoms with Crippen LogP contribution in [0.5, 0.6) is 5.75 Å². The molecule has 0 aliphatic heterocycles. The Bertz CT molecular complexity index is 1200. The maximum absolute atomic E-state index is 13.8. The molecule has 2 aromatic heterocycles. The van der Waals surface area contributed by atoms with Crippen molar-refractivity contribution in [3.8, 4) is 22.6 Å². The molecule has 144 valence electrons. The van der Waals surface area contributed by atoms with E-state index in [2.05, 4.69) is 9.97 Å². The van der Waals surface area contributed by atoms with Gasteiger partial charge in [0.1, 0.15) is 29.3 Å². The van der Waals surface area contributed by atoms with Crippen LogP contribution in [0.4, 0.5) is 4.39 Å². The molecular weight excluding hydrogens is 369 g/mol. The topological polar surface area (TPSA) is 57.0 Å². The first kappa shape index (κ1) is 18.6. The highest BCUT2D eigenvalue weighted by Gasteiger charge is 2.15. The lowest BCUT2D eigenvalue weighted by molar-refractivity contribution is 0.103. The van der Waals surface area contributed by atoms with E-state index in [1.807, 2.05) is 37.3 Å². The van der Waals surface area contributed by atoms with Gasteiger partial charge < -0.3 is 9.30 Å². The van der Waals surface area contributed by atoms with Crippen molar-refractivity contribution in [1.82, 2.24) is 14.5 Å². The fourth-order valence-electron chi connectivity index (χ4n) is 3.11. The number of ketones is 1. The van der Waals surface area contributed by atoms with Gasteiger partial charge in [-0.15, -0.1) is 0 Å². The Kier molecular flexibility index (Phi) is 4.91. The number of imidazole rings is 1. The number of pyridine rings is 1. The molecule has 4 aromatic rings. The second-order valence-corrected chi connectivity index (χ2v) is 6.61. The zero-order valence-corrected chi connectivity index (χ0v) is 16.0. The van der Waals surface area contributed by atoms with Crippen LogP contribution in [0.1, 0.15) is 21.7 Å². The summed E-state index contributed by atoms with van der Waals surface area (Å²) in [5.74, 6) is -0.00153. The minimum atomic E-state index is -0.340. The van der Waals surface area contributed by atoms with Gasteiger partial charge in [0.15, 0.2) is 0 Å². The Morgan fingerprint density at radius 2 is 1.90 bits per heavy atom. The predicted octanol–water partition coefficient (Wildman–Crippen LogP) is 4.62. The number of hydrogen-bond acceptors (Lipinski definition) is 4. The van der Waals surface area contributed by atoms with E-state index < -0.39 is 0 Å². The number of halogens is 1. The molecule has 4 rings (SSSR count). The van der Waals surface area contributed by atoms with Crippen LogP contribution < -0.4 is 4.74 Å². The minimum absolute atomic E-state index is 0.240. The summed E-state index contributed by atoms with van der Waals surface area (Å²) < 4.78 is 20.9. The van der Waals surface area contributed by atoms with Gasteiger partial charge in [-0.2, -0.15) is 0 Å². The highest BCUT2D eigenvalue weighted by atomic mass is 19.1. The van der Waals surface area contributed by atoms with Gasteiger partial charge in [-0.25, -0.2) is 9.37 Å². The summed E-state index contributed by atoms with van der Waals surface area (Å²) in [6.07, 6.45) is 4.84. The SMILES string of the molecule is COc1ccc(F)cc1-c1cccc(-n2cnc(C(=O)c3cc(C)ccn3)c2)c1. The lowest BCUT2D eigenvalue weighted by Gasteiger charge is -2.10. The molecule has 0 radical (unpaired) electrons. The molecule has 0 atom stereocenters. The number of benzene rings is 2. The van der Waals surface area contributed by atoms with E-state index in [4.69, 9.17) is 4.74 Å². The third kappa shape index (κ3) is 3.78. The van der Waals surface area contributed by atoms with Gasteiger partial charge in [0, 0.05) is 23.6 Å². The number of aromatic nitrogens is 3. The first-order chi connectivity index (χ1) is 14.0. The molecule has 29 heavy (non-hydrogen) atoms. The van der Waals surface area contributed by atoms with Gasteiger partial charge in [-0.05, 0) is 60.5 Å². The van der Waals surface area contributed by atoms with Crippen molar-refractivity contribution >= 4 is 5.78 Å². The van der Waals surface area contributed by atoms with Crippen molar-refractivity contribution in [2.45, 2.75) is 6.92 Å². The third-order valence-electron chi connectivity index (χ3n) is 4.58. The standard InChI is InChI=1S/C23H18FN3O2/c1-15-8-9-25-20(10-15)23(28)21-13-27(14-26-21)18-5-3-4-16(11-18)19-12-17(24)6-7-22(19)29-2/h3-14H,1-2H3. The smallest absolute Gasteiger partial charge is 0.231 e. The number of rotatable bonds is 5. The second kappa shape index (κ2) is 7.67. The van der Waals surface area contributed by atoms with Crippen molar-refractivity contribution in [2.75, 3.05) is 7.11 Å². The van der Waals surface area contributed by atoms with Gasteiger partial charge >= 0.3 is 0 Å². The Hall–Kier alpha value is -3.80. The van der Waals surface area contributed by atoms with Crippen LogP contribution in [0, 0.1) is 12.7 Å². The van der Waals surface area contributed by atoms with Gasteiger partial charge in [0.05, 0.1) is 7.11 Å². The molecule has 0 fully saturated rings. The summed E-state index contributed by atoms with van der Waals surface area (Å²) >= 11 is 0. The Labute approximate surface area is 167 Å². The molecule has 0 saturated carbocycles. The van der Waals surface area contributed by atoms with E-state index in [0.29, 0.717) is 22.7 Å². The van der Waals surface area contributed by atoms with Crippen molar-refractivity contribution in [2.24, 2.45) is 0 Å². The number of carbonyl (C=O) groups excluding carboxylic acids is 1. The molecule has 0 amide bonds. The molecule has 0 saturated heterocycles. The van der Waals surface area contributed by atoms with Crippen molar-refractivity contribution < 1.29 is 13.9 Å². The van der Waals surface area contributed by atoms with Crippen molar-refractivity contribution in [3.63, 3.8) is 0 Å². The predicted molar refractivity (Wildman–Crippen MR) is 108 cm³/mol. The summed E-state index contributed by atoms with van der Waals surface area (Å²) in [5.41, 5.74) is 3.85. The Morgan fingerprint density at radius 3 is 2.69 bits per heavy atom. The zero-order valence-electron chi connectivity index (χ0n) is 16.0. The highest BCUT2D eigenvalue weighted by molar-refractivity contribution is 6.06. The minimum Gasteiger partial charge on any atom is -0.496 e. The summed E-state index contributed by atoms with van der Waals surface area (Å²) in [6, 6.07) is 15.5. The molecule has 0 bridgehead atoms. The van der Waals surface area contributed by atoms with Gasteiger partial charge in [-0.1, -0.05) is 12.1 Å². The van der Waals surface area contributed by atoms with Crippen LogP contribution in [0.15, 0.2) is 73.3 Å². The summed E-state index contributed by atoms with van der Waals surface area (Å²) in [4.78, 5) is 21.0. The molecule has 6 heteroatoms. The van der Waals surface area contributed by atoms with Gasteiger partial charge in [0.2, 0.25) is 5.78 Å². The number of nitrogens with zero attached hydrogens (tertiary/aromatic N) is 3. The Morgan fingerprint density at radius 1 is 1.03 bits per heavy atom. The molecule has 0 aliphatic carbocycles. The molecule has 5 nitrogen and oxygen atoms in total. The molecule has 0 N–H and O–H groups in total. The van der Waals surface area contributed by atoms with Crippen LogP contribution in [0.2, 0.25) is 0 Å². The van der Waals surface area contributed by atoms with Crippen molar-refractivity contribution in [1.29, 1.82) is 0 Å². The average Bonchev–Trinajstić information content (AvgIpc) is 3.23. The molecule has 2 aromatic carbocycles.